The molecule has 6 heteroatoms. The Morgan fingerprint density at radius 2 is 1.25 bits per heavy atom. The number of rotatable bonds is 1. The van der Waals surface area contributed by atoms with Gasteiger partial charge in [0.25, 0.3) is 0 Å². The van der Waals surface area contributed by atoms with Crippen LogP contribution in [0.15, 0.2) is 0 Å². The predicted molar refractivity (Wildman–Crippen MR) is 61.4 cm³/mol. The largest absolute Gasteiger partial charge is 0.190 e. The van der Waals surface area contributed by atoms with Gasteiger partial charge in [-0.3, -0.25) is 0 Å². The minimum Gasteiger partial charge on any atom is -0.120 e. The predicted octanol–water partition coefficient (Wildman–Crippen LogP) is 5.18. The van der Waals surface area contributed by atoms with E-state index in [2.05, 4.69) is 0 Å². The van der Waals surface area contributed by atoms with Crippen LogP contribution < -0.4 is 0 Å². The van der Waals surface area contributed by atoms with Crippen molar-refractivity contribution in [3.8, 4) is 0 Å². The Hall–Kier alpha value is 1.74. The Bertz CT molecular complexity index is 88.7. The summed E-state index contributed by atoms with van der Waals surface area (Å²) in [5.74, 6) is 0. The Labute approximate surface area is 103 Å². The molecule has 0 aliphatic heterocycles. The van der Waals surface area contributed by atoms with Crippen molar-refractivity contribution in [1.29, 1.82) is 0 Å². The molecule has 0 radical (unpaired) electrons. The van der Waals surface area contributed by atoms with Crippen LogP contribution >= 0.6 is 69.6 Å². The first kappa shape index (κ1) is 16.2. The van der Waals surface area contributed by atoms with Gasteiger partial charge in [0, 0.05) is 0 Å². The van der Waals surface area contributed by atoms with Crippen molar-refractivity contribution in [2.24, 2.45) is 0 Å². The summed E-state index contributed by atoms with van der Waals surface area (Å²) in [4.78, 5) is -0.438. The average Bonchev–Trinajstić information content (AvgIpc) is 1.87. The molecule has 0 saturated heterocycles. The van der Waals surface area contributed by atoms with Gasteiger partial charge in [-0.15, -0.1) is 34.8 Å². The van der Waals surface area contributed by atoms with Crippen LogP contribution in [0.25, 0.3) is 0 Å². The SMILES string of the molecule is CC(Cl)C(Cl)Cl.CCC(Cl)(Cl)Cl. The molecule has 0 aliphatic carbocycles. The van der Waals surface area contributed by atoms with Gasteiger partial charge in [-0.05, 0) is 13.3 Å². The van der Waals surface area contributed by atoms with Crippen LogP contribution in [-0.2, 0) is 0 Å². The van der Waals surface area contributed by atoms with Crippen molar-refractivity contribution in [2.75, 3.05) is 0 Å². The number of halogens is 6. The average molecular weight is 295 g/mol. The Morgan fingerprint density at radius 3 is 1.25 bits per heavy atom. The second-order valence-electron chi connectivity index (χ2n) is 1.98. The molecule has 0 bridgehead atoms. The van der Waals surface area contributed by atoms with Crippen molar-refractivity contribution in [1.82, 2.24) is 0 Å². The molecule has 0 saturated carbocycles. The maximum atomic E-state index is 5.35. The molecule has 0 aromatic rings. The van der Waals surface area contributed by atoms with Crippen molar-refractivity contribution in [3.05, 3.63) is 0 Å². The van der Waals surface area contributed by atoms with E-state index in [0.29, 0.717) is 6.42 Å². The molecule has 0 spiro atoms. The lowest BCUT2D eigenvalue weighted by atomic mass is 10.6. The smallest absolute Gasteiger partial charge is 0.120 e. The van der Waals surface area contributed by atoms with Crippen LogP contribution in [0, 0.1) is 0 Å². The lowest BCUT2D eigenvalue weighted by Gasteiger charge is -2.02. The Balaban J connectivity index is 0. The van der Waals surface area contributed by atoms with Gasteiger partial charge >= 0.3 is 0 Å². The minimum atomic E-state index is -1.04. The van der Waals surface area contributed by atoms with E-state index in [9.17, 15) is 0 Å². The lowest BCUT2D eigenvalue weighted by molar-refractivity contribution is 0.974. The van der Waals surface area contributed by atoms with Crippen molar-refractivity contribution in [3.63, 3.8) is 0 Å². The Kier molecular flexibility index (Phi) is 10.9. The number of hydrogen-bond donors (Lipinski definition) is 0. The quantitative estimate of drug-likeness (QED) is 0.584. The van der Waals surface area contributed by atoms with Crippen molar-refractivity contribution < 1.29 is 0 Å². The highest BCUT2D eigenvalue weighted by Crippen LogP contribution is 2.28. The standard InChI is InChI=1S/2C3H5Cl3/c1-2-3(4,5)6;1-2(4)3(5)6/h2H2,1H3;2-3H,1H3. The van der Waals surface area contributed by atoms with E-state index in [4.69, 9.17) is 69.6 Å². The van der Waals surface area contributed by atoms with E-state index >= 15 is 0 Å². The first-order valence-corrected chi connectivity index (χ1v) is 5.64. The summed E-state index contributed by atoms with van der Waals surface area (Å²) < 4.78 is -1.04. The number of alkyl halides is 6. The molecule has 0 aromatic carbocycles. The van der Waals surface area contributed by atoms with Crippen molar-refractivity contribution in [2.45, 2.75) is 34.3 Å². The second kappa shape index (κ2) is 8.08. The third-order valence-corrected chi connectivity index (χ3v) is 2.82. The molecule has 1 atom stereocenters. The second-order valence-corrected chi connectivity index (χ2v) is 6.35. The maximum Gasteiger partial charge on any atom is 0.190 e. The zero-order chi connectivity index (χ0) is 10.4. The normalized spacial score (nSPS) is 13.8. The van der Waals surface area contributed by atoms with Gasteiger partial charge in [0.15, 0.2) is 3.79 Å². The van der Waals surface area contributed by atoms with E-state index in [1.807, 2.05) is 6.92 Å². The topological polar surface area (TPSA) is 0 Å². The summed E-state index contributed by atoms with van der Waals surface area (Å²) in [6, 6.07) is 0. The van der Waals surface area contributed by atoms with Gasteiger partial charge in [-0.2, -0.15) is 0 Å². The fourth-order valence-electron chi connectivity index (χ4n) is 0. The molecular formula is C6H10Cl6. The van der Waals surface area contributed by atoms with Gasteiger partial charge in [0.05, 0.1) is 5.38 Å². The molecular weight excluding hydrogens is 285 g/mol. The summed E-state index contributed by atoms with van der Waals surface area (Å²) in [5, 5.41) is -0.145. The highest BCUT2D eigenvalue weighted by atomic mass is 35.6. The lowest BCUT2D eigenvalue weighted by Crippen LogP contribution is -2.00. The third kappa shape index (κ3) is 17.7. The molecule has 0 aromatic heterocycles. The van der Waals surface area contributed by atoms with Crippen LogP contribution in [0.1, 0.15) is 20.3 Å². The van der Waals surface area contributed by atoms with E-state index in [1.165, 1.54) is 0 Å². The maximum absolute atomic E-state index is 5.35. The Morgan fingerprint density at radius 1 is 1.08 bits per heavy atom. The van der Waals surface area contributed by atoms with Gasteiger partial charge in [0.2, 0.25) is 0 Å². The van der Waals surface area contributed by atoms with Crippen LogP contribution in [0.3, 0.4) is 0 Å². The van der Waals surface area contributed by atoms with Gasteiger partial charge in [0.1, 0.15) is 4.84 Å². The molecule has 0 heterocycles. The summed E-state index contributed by atoms with van der Waals surface area (Å²) in [6.45, 7) is 3.55. The fourth-order valence-corrected chi connectivity index (χ4v) is 0. The van der Waals surface area contributed by atoms with Gasteiger partial charge < -0.3 is 0 Å². The molecule has 0 rings (SSSR count). The molecule has 0 fully saturated rings. The van der Waals surface area contributed by atoms with E-state index < -0.39 is 8.63 Å². The molecule has 12 heavy (non-hydrogen) atoms. The van der Waals surface area contributed by atoms with Crippen LogP contribution in [-0.4, -0.2) is 14.0 Å². The minimum absolute atomic E-state index is 0.145. The van der Waals surface area contributed by atoms with E-state index in [-0.39, 0.29) is 5.38 Å². The molecule has 0 N–H and O–H groups in total. The first-order valence-electron chi connectivity index (χ1n) is 3.19. The van der Waals surface area contributed by atoms with Crippen LogP contribution in [0.4, 0.5) is 0 Å². The van der Waals surface area contributed by atoms with Gasteiger partial charge in [-0.25, -0.2) is 0 Å². The molecule has 0 nitrogen and oxygen atoms in total. The molecule has 0 amide bonds. The summed E-state index contributed by atoms with van der Waals surface area (Å²) in [7, 11) is 0. The monoisotopic (exact) mass is 292 g/mol. The highest BCUT2D eigenvalue weighted by Gasteiger charge is 2.14. The molecule has 0 aliphatic rings. The fraction of sp³-hybridized carbons (Fsp3) is 1.00. The highest BCUT2D eigenvalue weighted by molar-refractivity contribution is 6.67. The zero-order valence-electron chi connectivity index (χ0n) is 6.63. The van der Waals surface area contributed by atoms with Crippen LogP contribution in [0.2, 0.25) is 0 Å². The van der Waals surface area contributed by atoms with E-state index in [1.54, 1.807) is 6.92 Å². The first-order chi connectivity index (χ1) is 5.20. The van der Waals surface area contributed by atoms with Crippen LogP contribution in [0.5, 0.6) is 0 Å². The molecule has 76 valence electrons. The summed E-state index contributed by atoms with van der Waals surface area (Å²) in [5.41, 5.74) is 0. The van der Waals surface area contributed by atoms with Crippen molar-refractivity contribution >= 4 is 69.6 Å². The zero-order valence-corrected chi connectivity index (χ0v) is 11.2. The van der Waals surface area contributed by atoms with E-state index in [0.717, 1.165) is 0 Å². The summed E-state index contributed by atoms with van der Waals surface area (Å²) in [6.07, 6.45) is 0.567. The summed E-state index contributed by atoms with van der Waals surface area (Å²) >= 11 is 31.6. The number of hydrogen-bond acceptors (Lipinski definition) is 0. The van der Waals surface area contributed by atoms with Gasteiger partial charge in [-0.1, -0.05) is 41.7 Å². The third-order valence-electron chi connectivity index (χ3n) is 0.748. The molecule has 1 unspecified atom stereocenters.